The molecule has 0 aromatic heterocycles. The maximum atomic E-state index is 10.8. The Morgan fingerprint density at radius 3 is 1.70 bits per heavy atom. The maximum Gasteiger partial charge on any atom is 0.261 e. The minimum Gasteiger partial charge on any atom is -0.493 e. The zero-order chi connectivity index (χ0) is 34.2. The van der Waals surface area contributed by atoms with E-state index in [2.05, 4.69) is 122 Å². The summed E-state index contributed by atoms with van der Waals surface area (Å²) in [6, 6.07) is 27.2. The molecule has 0 saturated carbocycles. The van der Waals surface area contributed by atoms with Crippen molar-refractivity contribution in [1.29, 1.82) is 0 Å². The number of rotatable bonds is 16. The van der Waals surface area contributed by atoms with Crippen molar-refractivity contribution in [1.82, 2.24) is 0 Å². The van der Waals surface area contributed by atoms with Crippen LogP contribution < -0.4 is 19.8 Å². The molecule has 0 spiro atoms. The molecule has 1 N–H and O–H groups in total. The van der Waals surface area contributed by atoms with E-state index < -0.39 is 16.6 Å². The zero-order valence-corrected chi connectivity index (χ0v) is 32.1. The molecule has 6 nitrogen and oxygen atoms in total. The summed E-state index contributed by atoms with van der Waals surface area (Å²) in [5, 5.41) is 13.2. The van der Waals surface area contributed by atoms with Gasteiger partial charge in [-0.25, -0.2) is 0 Å². The molecule has 0 aliphatic rings. The summed E-state index contributed by atoms with van der Waals surface area (Å²) in [5.74, 6) is 1.06. The number of hydrogen-bond donors (Lipinski definition) is 1. The highest BCUT2D eigenvalue weighted by atomic mass is 28.4. The van der Waals surface area contributed by atoms with Crippen LogP contribution in [0.1, 0.15) is 54.0 Å². The summed E-state index contributed by atoms with van der Waals surface area (Å²) in [6.07, 6.45) is -0.318. The van der Waals surface area contributed by atoms with E-state index in [1.807, 2.05) is 18.2 Å². The second-order valence-electron chi connectivity index (χ2n) is 14.9. The van der Waals surface area contributed by atoms with Gasteiger partial charge in [0.25, 0.3) is 8.32 Å². The molecule has 0 saturated heterocycles. The van der Waals surface area contributed by atoms with Gasteiger partial charge in [0.1, 0.15) is 0 Å². The molecule has 0 aliphatic heterocycles. The van der Waals surface area contributed by atoms with Gasteiger partial charge in [0.2, 0.25) is 0 Å². The van der Waals surface area contributed by atoms with Crippen LogP contribution in [0.25, 0.3) is 0 Å². The summed E-state index contributed by atoms with van der Waals surface area (Å²) in [4.78, 5) is 0. The topological polar surface area (TPSA) is 66.4 Å². The Morgan fingerprint density at radius 1 is 0.696 bits per heavy atom. The number of aliphatic hydroxyl groups excluding tert-OH is 1. The number of aliphatic hydroxyl groups is 1. The summed E-state index contributed by atoms with van der Waals surface area (Å²) in [6.45, 7) is 21.4. The third-order valence-electron chi connectivity index (χ3n) is 9.59. The second-order valence-corrected chi connectivity index (χ2v) is 24.0. The Hall–Kier alpha value is -2.47. The summed E-state index contributed by atoms with van der Waals surface area (Å²) < 4.78 is 31.7. The molecular weight excluding hydrogens is 609 g/mol. The third-order valence-corrected chi connectivity index (χ3v) is 19.1. The zero-order valence-electron chi connectivity index (χ0n) is 30.1. The van der Waals surface area contributed by atoms with Crippen LogP contribution >= 0.6 is 0 Å². The van der Waals surface area contributed by atoms with Crippen LogP contribution in [-0.4, -0.2) is 61.9 Å². The van der Waals surface area contributed by atoms with Gasteiger partial charge in [0.15, 0.2) is 19.8 Å². The normalized spacial score (nSPS) is 14.9. The van der Waals surface area contributed by atoms with E-state index in [1.165, 1.54) is 10.4 Å². The molecule has 0 bridgehead atoms. The van der Waals surface area contributed by atoms with Gasteiger partial charge in [0, 0.05) is 25.0 Å². The van der Waals surface area contributed by atoms with E-state index in [4.69, 9.17) is 23.1 Å². The first-order chi connectivity index (χ1) is 21.6. The molecular formula is C38H58O6Si2. The minimum atomic E-state index is -2.76. The van der Waals surface area contributed by atoms with Crippen molar-refractivity contribution in [3.05, 3.63) is 84.4 Å². The lowest BCUT2D eigenvalue weighted by Crippen LogP contribution is -2.67. The van der Waals surface area contributed by atoms with Gasteiger partial charge < -0.3 is 28.2 Å². The van der Waals surface area contributed by atoms with Crippen molar-refractivity contribution in [3.8, 4) is 11.5 Å². The monoisotopic (exact) mass is 666 g/mol. The lowest BCUT2D eigenvalue weighted by Gasteiger charge is -2.44. The maximum absolute atomic E-state index is 10.8. The molecule has 0 heterocycles. The highest BCUT2D eigenvalue weighted by Gasteiger charge is 2.50. The van der Waals surface area contributed by atoms with Gasteiger partial charge in [-0.1, -0.05) is 115 Å². The summed E-state index contributed by atoms with van der Waals surface area (Å²) in [5.41, 5.74) is 0.963. The van der Waals surface area contributed by atoms with Crippen LogP contribution in [0, 0.1) is 11.8 Å². The fraction of sp³-hybridized carbons (Fsp3) is 0.526. The first kappa shape index (κ1) is 38.0. The van der Waals surface area contributed by atoms with Crippen LogP contribution in [0.3, 0.4) is 0 Å². The van der Waals surface area contributed by atoms with Crippen LogP contribution in [0.2, 0.25) is 23.2 Å². The van der Waals surface area contributed by atoms with E-state index >= 15 is 0 Å². The Morgan fingerprint density at radius 2 is 1.24 bits per heavy atom. The molecule has 3 aromatic carbocycles. The lowest BCUT2D eigenvalue weighted by atomic mass is 9.93. The van der Waals surface area contributed by atoms with Gasteiger partial charge in [-0.2, -0.15) is 0 Å². The van der Waals surface area contributed by atoms with Crippen LogP contribution in [0.5, 0.6) is 11.5 Å². The SMILES string of the molecule is COc1ccc(CO[C@H]([C@@H](CO)CO[Si](C)(C)C(C)(C)C)[C@H](C)CO[Si](c2ccccc2)(c2ccccc2)C(C)(C)C)cc1OC. The largest absolute Gasteiger partial charge is 0.493 e. The van der Waals surface area contributed by atoms with E-state index in [1.54, 1.807) is 14.2 Å². The predicted molar refractivity (Wildman–Crippen MR) is 195 cm³/mol. The van der Waals surface area contributed by atoms with Crippen molar-refractivity contribution < 1.29 is 28.2 Å². The first-order valence-electron chi connectivity index (χ1n) is 16.4. The molecule has 0 amide bonds. The number of methoxy groups -OCH3 is 2. The minimum absolute atomic E-state index is 0.0399. The van der Waals surface area contributed by atoms with Crippen molar-refractivity contribution >= 4 is 27.0 Å². The molecule has 0 unspecified atom stereocenters. The van der Waals surface area contributed by atoms with E-state index in [-0.39, 0.29) is 34.6 Å². The van der Waals surface area contributed by atoms with E-state index in [0.29, 0.717) is 31.3 Å². The van der Waals surface area contributed by atoms with Crippen molar-refractivity contribution in [2.24, 2.45) is 11.8 Å². The summed E-state index contributed by atoms with van der Waals surface area (Å²) in [7, 11) is -1.55. The van der Waals surface area contributed by atoms with Gasteiger partial charge >= 0.3 is 0 Å². The predicted octanol–water partition coefficient (Wildman–Crippen LogP) is 7.43. The van der Waals surface area contributed by atoms with Gasteiger partial charge in [-0.15, -0.1) is 0 Å². The quantitative estimate of drug-likeness (QED) is 0.161. The second kappa shape index (κ2) is 16.1. The fourth-order valence-electron chi connectivity index (χ4n) is 5.82. The molecule has 0 aliphatic carbocycles. The van der Waals surface area contributed by atoms with Crippen LogP contribution in [-0.2, 0) is 20.2 Å². The summed E-state index contributed by atoms with van der Waals surface area (Å²) >= 11 is 0. The van der Waals surface area contributed by atoms with Gasteiger partial charge in [0.05, 0.1) is 33.5 Å². The van der Waals surface area contributed by atoms with Crippen LogP contribution in [0.15, 0.2) is 78.9 Å². The molecule has 0 fully saturated rings. The van der Waals surface area contributed by atoms with E-state index in [0.717, 1.165) is 5.56 Å². The highest BCUT2D eigenvalue weighted by Crippen LogP contribution is 2.39. The van der Waals surface area contributed by atoms with Crippen molar-refractivity contribution in [2.45, 2.75) is 84.3 Å². The standard InChI is InChI=1S/C38H58O6Si2/c1-29(26-44-46(38(5,6)7,32-18-14-12-15-19-32)33-20-16-13-17-21-33)36(31(25-39)28-43-45(10,11)37(2,3)4)42-27-30-22-23-34(40-8)35(24-30)41-9/h12-24,29,31,36,39H,25-28H2,1-11H3/t29-,31+,36+/m1/s1. The molecule has 0 radical (unpaired) electrons. The lowest BCUT2D eigenvalue weighted by molar-refractivity contribution is -0.0689. The Kier molecular flexibility index (Phi) is 13.3. The van der Waals surface area contributed by atoms with E-state index in [9.17, 15) is 5.11 Å². The molecule has 3 atom stereocenters. The molecule has 46 heavy (non-hydrogen) atoms. The first-order valence-corrected chi connectivity index (χ1v) is 21.2. The number of hydrogen-bond acceptors (Lipinski definition) is 6. The highest BCUT2D eigenvalue weighted by molar-refractivity contribution is 6.99. The molecule has 8 heteroatoms. The third kappa shape index (κ3) is 8.91. The Bertz CT molecular complexity index is 1300. The molecule has 3 rings (SSSR count). The van der Waals surface area contributed by atoms with Gasteiger partial charge in [-0.3, -0.25) is 0 Å². The van der Waals surface area contributed by atoms with Crippen molar-refractivity contribution in [3.63, 3.8) is 0 Å². The van der Waals surface area contributed by atoms with Gasteiger partial charge in [-0.05, 0) is 51.2 Å². The Labute approximate surface area is 280 Å². The van der Waals surface area contributed by atoms with Crippen LogP contribution in [0.4, 0.5) is 0 Å². The average Bonchev–Trinajstić information content (AvgIpc) is 3.02. The number of ether oxygens (including phenoxy) is 3. The van der Waals surface area contributed by atoms with Crippen molar-refractivity contribution in [2.75, 3.05) is 34.0 Å². The average molecular weight is 667 g/mol. The number of benzene rings is 3. The Balaban J connectivity index is 1.98. The smallest absolute Gasteiger partial charge is 0.261 e. The molecule has 254 valence electrons. The fourth-order valence-corrected chi connectivity index (χ4v) is 11.6. The molecule has 3 aromatic rings.